The molecule has 0 saturated carbocycles. The first-order valence-corrected chi connectivity index (χ1v) is 8.33. The summed E-state index contributed by atoms with van der Waals surface area (Å²) in [7, 11) is 0. The van der Waals surface area contributed by atoms with E-state index in [1.165, 1.54) is 31.2 Å². The Labute approximate surface area is 162 Å². The standard InChI is InChI=1S/C18H15ClF4N2O3/c1-2-28-16(27)17(18(21,22)23,24-12-8-9-14(20)13(19)10-12)25-15(26)11-6-4-3-5-7-11/h3-10,24H,2H2,1H3,(H,25,26)/t17-/m0/s1. The number of halogens is 5. The first kappa shape index (κ1) is 21.5. The molecule has 1 amide bonds. The van der Waals surface area contributed by atoms with Crippen LogP contribution in [0.15, 0.2) is 48.5 Å². The van der Waals surface area contributed by atoms with Crippen LogP contribution in [-0.4, -0.2) is 30.3 Å². The van der Waals surface area contributed by atoms with Crippen LogP contribution in [0.4, 0.5) is 23.2 Å². The molecule has 0 aliphatic rings. The summed E-state index contributed by atoms with van der Waals surface area (Å²) in [6.07, 6.45) is -5.31. The highest BCUT2D eigenvalue weighted by Gasteiger charge is 2.63. The maximum atomic E-state index is 14.0. The lowest BCUT2D eigenvalue weighted by Gasteiger charge is -2.35. The average molecular weight is 419 g/mol. The molecule has 2 aromatic rings. The minimum Gasteiger partial charge on any atom is -0.463 e. The zero-order valence-electron chi connectivity index (χ0n) is 14.4. The Balaban J connectivity index is 2.52. The number of rotatable bonds is 6. The number of ether oxygens (including phenoxy) is 1. The molecule has 1 atom stereocenters. The number of alkyl halides is 3. The van der Waals surface area contributed by atoms with Crippen LogP contribution < -0.4 is 10.6 Å². The van der Waals surface area contributed by atoms with Crippen molar-refractivity contribution in [3.63, 3.8) is 0 Å². The van der Waals surface area contributed by atoms with E-state index in [-0.39, 0.29) is 17.9 Å². The van der Waals surface area contributed by atoms with Crippen molar-refractivity contribution in [2.75, 3.05) is 11.9 Å². The molecule has 5 nitrogen and oxygen atoms in total. The lowest BCUT2D eigenvalue weighted by atomic mass is 10.1. The van der Waals surface area contributed by atoms with Gasteiger partial charge in [0.1, 0.15) is 5.82 Å². The largest absolute Gasteiger partial charge is 0.463 e. The summed E-state index contributed by atoms with van der Waals surface area (Å²) < 4.78 is 59.9. The molecule has 28 heavy (non-hydrogen) atoms. The zero-order valence-corrected chi connectivity index (χ0v) is 15.2. The molecule has 10 heteroatoms. The zero-order chi connectivity index (χ0) is 20.9. The molecule has 2 aromatic carbocycles. The number of carbonyl (C=O) groups is 2. The molecule has 0 heterocycles. The second-order valence-electron chi connectivity index (χ2n) is 5.54. The fourth-order valence-electron chi connectivity index (χ4n) is 2.25. The molecule has 2 rings (SSSR count). The van der Waals surface area contributed by atoms with E-state index in [9.17, 15) is 27.2 Å². The van der Waals surface area contributed by atoms with E-state index >= 15 is 0 Å². The van der Waals surface area contributed by atoms with Crippen LogP contribution >= 0.6 is 11.6 Å². The quantitative estimate of drug-likeness (QED) is 0.420. The fraction of sp³-hybridized carbons (Fsp3) is 0.222. The Hall–Kier alpha value is -2.81. The molecule has 0 aromatic heterocycles. The third-order valence-corrected chi connectivity index (χ3v) is 3.88. The number of amides is 1. The highest BCUT2D eigenvalue weighted by Crippen LogP contribution is 2.34. The highest BCUT2D eigenvalue weighted by atomic mass is 35.5. The minimum atomic E-state index is -5.31. The number of anilines is 1. The van der Waals surface area contributed by atoms with Gasteiger partial charge >= 0.3 is 17.8 Å². The van der Waals surface area contributed by atoms with Gasteiger partial charge in [0, 0.05) is 11.3 Å². The van der Waals surface area contributed by atoms with E-state index in [1.54, 1.807) is 11.4 Å². The second-order valence-corrected chi connectivity index (χ2v) is 5.95. The van der Waals surface area contributed by atoms with Crippen molar-refractivity contribution in [3.8, 4) is 0 Å². The third-order valence-electron chi connectivity index (χ3n) is 3.60. The van der Waals surface area contributed by atoms with E-state index in [0.29, 0.717) is 0 Å². The average Bonchev–Trinajstić information content (AvgIpc) is 2.64. The van der Waals surface area contributed by atoms with Gasteiger partial charge in [-0.25, -0.2) is 9.18 Å². The molecule has 0 spiro atoms. The van der Waals surface area contributed by atoms with Gasteiger partial charge in [0.05, 0.1) is 11.6 Å². The normalized spacial score (nSPS) is 13.4. The van der Waals surface area contributed by atoms with E-state index in [0.717, 1.165) is 18.2 Å². The van der Waals surface area contributed by atoms with Crippen molar-refractivity contribution in [1.29, 1.82) is 0 Å². The summed E-state index contributed by atoms with van der Waals surface area (Å²) in [6, 6.07) is 9.62. The molecule has 0 aliphatic carbocycles. The van der Waals surface area contributed by atoms with Gasteiger partial charge < -0.3 is 15.4 Å². The molecule has 0 unspecified atom stereocenters. The monoisotopic (exact) mass is 418 g/mol. The van der Waals surface area contributed by atoms with Crippen LogP contribution in [0.25, 0.3) is 0 Å². The maximum absolute atomic E-state index is 14.0. The van der Waals surface area contributed by atoms with Gasteiger partial charge in [-0.05, 0) is 37.3 Å². The first-order chi connectivity index (χ1) is 13.1. The predicted octanol–water partition coefficient (Wildman–Crippen LogP) is 4.14. The number of benzene rings is 2. The van der Waals surface area contributed by atoms with Crippen molar-refractivity contribution < 1.29 is 31.9 Å². The van der Waals surface area contributed by atoms with Crippen LogP contribution in [0.1, 0.15) is 17.3 Å². The fourth-order valence-corrected chi connectivity index (χ4v) is 2.43. The van der Waals surface area contributed by atoms with Crippen molar-refractivity contribution in [3.05, 3.63) is 64.9 Å². The Bertz CT molecular complexity index is 862. The Morgan fingerprint density at radius 2 is 1.75 bits per heavy atom. The van der Waals surface area contributed by atoms with Crippen LogP contribution in [0.3, 0.4) is 0 Å². The molecular formula is C18H15ClF4N2O3. The molecule has 0 fully saturated rings. The van der Waals surface area contributed by atoms with Crippen LogP contribution in [0.5, 0.6) is 0 Å². The van der Waals surface area contributed by atoms with Crippen LogP contribution in [0, 0.1) is 5.82 Å². The number of hydrogen-bond acceptors (Lipinski definition) is 4. The summed E-state index contributed by atoms with van der Waals surface area (Å²) in [5, 5.41) is 3.10. The second kappa shape index (κ2) is 8.47. The Morgan fingerprint density at radius 1 is 1.11 bits per heavy atom. The lowest BCUT2D eigenvalue weighted by Crippen LogP contribution is -2.69. The van der Waals surface area contributed by atoms with Crippen molar-refractivity contribution in [2.45, 2.75) is 18.8 Å². The van der Waals surface area contributed by atoms with Gasteiger partial charge in [0.15, 0.2) is 0 Å². The van der Waals surface area contributed by atoms with Crippen LogP contribution in [-0.2, 0) is 9.53 Å². The van der Waals surface area contributed by atoms with Crippen molar-refractivity contribution in [2.24, 2.45) is 0 Å². The topological polar surface area (TPSA) is 67.4 Å². The number of esters is 1. The van der Waals surface area contributed by atoms with E-state index < -0.39 is 34.6 Å². The van der Waals surface area contributed by atoms with Gasteiger partial charge in [-0.3, -0.25) is 4.79 Å². The molecule has 150 valence electrons. The minimum absolute atomic E-state index is 0.112. The summed E-state index contributed by atoms with van der Waals surface area (Å²) in [5.74, 6) is -3.83. The molecule has 2 N–H and O–H groups in total. The maximum Gasteiger partial charge on any atom is 0.441 e. The summed E-state index contributed by atoms with van der Waals surface area (Å²) in [6.45, 7) is 0.941. The smallest absolute Gasteiger partial charge is 0.441 e. The van der Waals surface area contributed by atoms with Gasteiger partial charge in [-0.2, -0.15) is 13.2 Å². The van der Waals surface area contributed by atoms with E-state index in [2.05, 4.69) is 4.74 Å². The van der Waals surface area contributed by atoms with Gasteiger partial charge in [-0.15, -0.1) is 0 Å². The SMILES string of the molecule is CCOC(=O)[C@@](NC(=O)c1ccccc1)(Nc1ccc(F)c(Cl)c1)C(F)(F)F. The number of nitrogens with one attached hydrogen (secondary N) is 2. The molecular weight excluding hydrogens is 404 g/mol. The summed E-state index contributed by atoms with van der Waals surface area (Å²) >= 11 is 5.60. The van der Waals surface area contributed by atoms with Gasteiger partial charge in [-0.1, -0.05) is 29.8 Å². The van der Waals surface area contributed by atoms with Gasteiger partial charge in [0.2, 0.25) is 0 Å². The number of carbonyl (C=O) groups excluding carboxylic acids is 2. The molecule has 0 radical (unpaired) electrons. The Kier molecular flexibility index (Phi) is 6.50. The predicted molar refractivity (Wildman–Crippen MR) is 94.4 cm³/mol. The van der Waals surface area contributed by atoms with Crippen molar-refractivity contribution in [1.82, 2.24) is 5.32 Å². The molecule has 0 aliphatic heterocycles. The molecule has 0 saturated heterocycles. The summed E-state index contributed by atoms with van der Waals surface area (Å²) in [4.78, 5) is 24.7. The van der Waals surface area contributed by atoms with Crippen LogP contribution in [0.2, 0.25) is 5.02 Å². The number of hydrogen-bond donors (Lipinski definition) is 2. The molecule has 0 bridgehead atoms. The third kappa shape index (κ3) is 4.53. The van der Waals surface area contributed by atoms with E-state index in [4.69, 9.17) is 11.6 Å². The van der Waals surface area contributed by atoms with Gasteiger partial charge in [0.25, 0.3) is 5.91 Å². The van der Waals surface area contributed by atoms with Crippen molar-refractivity contribution >= 4 is 29.2 Å². The first-order valence-electron chi connectivity index (χ1n) is 7.95. The lowest BCUT2D eigenvalue weighted by molar-refractivity contribution is -0.204. The Morgan fingerprint density at radius 3 is 2.29 bits per heavy atom. The summed E-state index contributed by atoms with van der Waals surface area (Å²) in [5.41, 5.74) is -4.10. The van der Waals surface area contributed by atoms with E-state index in [1.807, 2.05) is 5.32 Å². The highest BCUT2D eigenvalue weighted by molar-refractivity contribution is 6.31.